The second-order valence-corrected chi connectivity index (χ2v) is 10.4. The first-order valence-electron chi connectivity index (χ1n) is 8.34. The standard InChI is InChI=1S/C17H32N2O4S2/c1-16(2,3)13(20)7-8-19-14(21)12(18)11-25-24-10-9-23-15(22)17(4,5)6/h12H,7-11,18H2,1-6H3,(H,19,21). The molecule has 0 aromatic heterocycles. The topological polar surface area (TPSA) is 98.5 Å². The maximum absolute atomic E-state index is 11.9. The third kappa shape index (κ3) is 11.5. The number of rotatable bonds is 10. The summed E-state index contributed by atoms with van der Waals surface area (Å²) >= 11 is 0. The van der Waals surface area contributed by atoms with E-state index in [1.165, 1.54) is 21.6 Å². The molecule has 6 nitrogen and oxygen atoms in total. The van der Waals surface area contributed by atoms with Crippen LogP contribution in [0.25, 0.3) is 0 Å². The van der Waals surface area contributed by atoms with Crippen molar-refractivity contribution in [2.75, 3.05) is 24.7 Å². The molecule has 8 heteroatoms. The Hall–Kier alpha value is -0.730. The highest BCUT2D eigenvalue weighted by Crippen LogP contribution is 2.22. The second-order valence-electron chi connectivity index (χ2n) is 7.81. The molecule has 146 valence electrons. The van der Waals surface area contributed by atoms with Crippen molar-refractivity contribution in [3.8, 4) is 0 Å². The lowest BCUT2D eigenvalue weighted by Crippen LogP contribution is -2.43. The van der Waals surface area contributed by atoms with Crippen molar-refractivity contribution in [2.45, 2.75) is 54.0 Å². The Morgan fingerprint density at radius 2 is 1.64 bits per heavy atom. The van der Waals surface area contributed by atoms with Gasteiger partial charge in [-0.1, -0.05) is 42.4 Å². The molecule has 0 aliphatic rings. The van der Waals surface area contributed by atoms with Gasteiger partial charge < -0.3 is 15.8 Å². The van der Waals surface area contributed by atoms with Crippen LogP contribution in [0.2, 0.25) is 0 Å². The van der Waals surface area contributed by atoms with Gasteiger partial charge in [-0.05, 0) is 20.8 Å². The molecule has 0 spiro atoms. The quantitative estimate of drug-likeness (QED) is 0.335. The first kappa shape index (κ1) is 24.3. The molecule has 1 atom stereocenters. The van der Waals surface area contributed by atoms with E-state index >= 15 is 0 Å². The second kappa shape index (κ2) is 11.1. The maximum atomic E-state index is 11.9. The van der Waals surface area contributed by atoms with E-state index in [0.29, 0.717) is 31.1 Å². The predicted octanol–water partition coefficient (Wildman–Crippen LogP) is 2.41. The molecule has 0 rings (SSSR count). The number of ketones is 1. The number of carbonyl (C=O) groups excluding carboxylic acids is 3. The Labute approximate surface area is 159 Å². The SMILES string of the molecule is CC(C)(C)C(=O)CCNC(=O)C(N)CSSCCOC(=O)C(C)(C)C. The highest BCUT2D eigenvalue weighted by atomic mass is 33.1. The number of nitrogens with two attached hydrogens (primary N) is 1. The van der Waals surface area contributed by atoms with Crippen molar-refractivity contribution in [1.29, 1.82) is 0 Å². The molecule has 25 heavy (non-hydrogen) atoms. The van der Waals surface area contributed by atoms with Crippen molar-refractivity contribution in [3.63, 3.8) is 0 Å². The molecule has 0 radical (unpaired) electrons. The predicted molar refractivity (Wildman–Crippen MR) is 105 cm³/mol. The number of hydrogen-bond acceptors (Lipinski definition) is 7. The third-order valence-electron chi connectivity index (χ3n) is 3.17. The summed E-state index contributed by atoms with van der Waals surface area (Å²) in [4.78, 5) is 35.2. The zero-order chi connectivity index (χ0) is 19.7. The zero-order valence-corrected chi connectivity index (χ0v) is 17.8. The Bertz CT molecular complexity index is 457. The third-order valence-corrected chi connectivity index (χ3v) is 5.57. The minimum atomic E-state index is -0.626. The normalized spacial score (nSPS) is 13.2. The summed E-state index contributed by atoms with van der Waals surface area (Å²) in [6.07, 6.45) is 0.309. The Morgan fingerprint density at radius 3 is 2.16 bits per heavy atom. The van der Waals surface area contributed by atoms with E-state index in [9.17, 15) is 14.4 Å². The van der Waals surface area contributed by atoms with Crippen molar-refractivity contribution in [2.24, 2.45) is 16.6 Å². The number of Topliss-reactive ketones (excluding diaryl/α,β-unsaturated/α-hetero) is 1. The van der Waals surface area contributed by atoms with Crippen LogP contribution < -0.4 is 11.1 Å². The van der Waals surface area contributed by atoms with Gasteiger partial charge in [0.1, 0.15) is 12.4 Å². The molecule has 0 aromatic rings. The van der Waals surface area contributed by atoms with Crippen LogP contribution in [0.15, 0.2) is 0 Å². The molecule has 0 bridgehead atoms. The van der Waals surface area contributed by atoms with Gasteiger partial charge in [0, 0.05) is 29.9 Å². The molecule has 0 heterocycles. The molecular formula is C17H32N2O4S2. The summed E-state index contributed by atoms with van der Waals surface area (Å²) in [6.45, 7) is 11.6. The highest BCUT2D eigenvalue weighted by Gasteiger charge is 2.23. The van der Waals surface area contributed by atoms with Gasteiger partial charge in [0.15, 0.2) is 0 Å². The van der Waals surface area contributed by atoms with Crippen LogP contribution in [0.3, 0.4) is 0 Å². The van der Waals surface area contributed by atoms with Crippen LogP contribution in [0, 0.1) is 10.8 Å². The number of carbonyl (C=O) groups is 3. The van der Waals surface area contributed by atoms with Crippen molar-refractivity contribution >= 4 is 39.2 Å². The molecule has 0 aromatic carbocycles. The smallest absolute Gasteiger partial charge is 0.311 e. The van der Waals surface area contributed by atoms with Crippen molar-refractivity contribution in [3.05, 3.63) is 0 Å². The van der Waals surface area contributed by atoms with Gasteiger partial charge in [0.25, 0.3) is 0 Å². The largest absolute Gasteiger partial charge is 0.464 e. The van der Waals surface area contributed by atoms with E-state index < -0.39 is 16.9 Å². The molecule has 0 saturated heterocycles. The Kier molecular flexibility index (Phi) is 10.8. The number of hydrogen-bond donors (Lipinski definition) is 2. The molecule has 0 saturated carbocycles. The molecule has 1 unspecified atom stereocenters. The molecule has 0 aliphatic carbocycles. The lowest BCUT2D eigenvalue weighted by molar-refractivity contribution is -0.152. The van der Waals surface area contributed by atoms with Crippen molar-refractivity contribution in [1.82, 2.24) is 5.32 Å². The summed E-state index contributed by atoms with van der Waals surface area (Å²) in [7, 11) is 2.97. The maximum Gasteiger partial charge on any atom is 0.311 e. The molecule has 3 N–H and O–H groups in total. The minimum absolute atomic E-state index is 0.108. The molecular weight excluding hydrogens is 360 g/mol. The van der Waals surface area contributed by atoms with E-state index in [1.807, 2.05) is 41.5 Å². The Balaban J connectivity index is 3.78. The van der Waals surface area contributed by atoms with Gasteiger partial charge in [0.05, 0.1) is 11.5 Å². The van der Waals surface area contributed by atoms with Gasteiger partial charge in [-0.3, -0.25) is 14.4 Å². The monoisotopic (exact) mass is 392 g/mol. The van der Waals surface area contributed by atoms with Gasteiger partial charge in [-0.25, -0.2) is 0 Å². The van der Waals surface area contributed by atoms with Crippen LogP contribution >= 0.6 is 21.6 Å². The highest BCUT2D eigenvalue weighted by molar-refractivity contribution is 8.76. The first-order chi connectivity index (χ1) is 11.4. The van der Waals surface area contributed by atoms with E-state index in [4.69, 9.17) is 10.5 Å². The average Bonchev–Trinajstić information content (AvgIpc) is 2.47. The first-order valence-corrected chi connectivity index (χ1v) is 10.8. The fraction of sp³-hybridized carbons (Fsp3) is 0.824. The molecule has 0 aliphatic heterocycles. The lowest BCUT2D eigenvalue weighted by atomic mass is 9.89. The number of nitrogens with one attached hydrogen (secondary N) is 1. The van der Waals surface area contributed by atoms with Gasteiger partial charge in [0.2, 0.25) is 5.91 Å². The van der Waals surface area contributed by atoms with Crippen LogP contribution in [0.5, 0.6) is 0 Å². The number of ether oxygens (including phenoxy) is 1. The van der Waals surface area contributed by atoms with Crippen LogP contribution in [-0.4, -0.2) is 48.4 Å². The summed E-state index contributed by atoms with van der Waals surface area (Å²) < 4.78 is 5.15. The van der Waals surface area contributed by atoms with E-state index in [0.717, 1.165) is 0 Å². The fourth-order valence-electron chi connectivity index (χ4n) is 1.45. The van der Waals surface area contributed by atoms with Gasteiger partial charge in [-0.15, -0.1) is 0 Å². The van der Waals surface area contributed by atoms with E-state index in [-0.39, 0.29) is 17.7 Å². The molecule has 1 amide bonds. The van der Waals surface area contributed by atoms with Crippen molar-refractivity contribution < 1.29 is 19.1 Å². The molecule has 0 fully saturated rings. The van der Waals surface area contributed by atoms with E-state index in [1.54, 1.807) is 0 Å². The van der Waals surface area contributed by atoms with E-state index in [2.05, 4.69) is 5.32 Å². The average molecular weight is 393 g/mol. The van der Waals surface area contributed by atoms with Crippen LogP contribution in [0.1, 0.15) is 48.0 Å². The Morgan fingerprint density at radius 1 is 1.04 bits per heavy atom. The summed E-state index contributed by atoms with van der Waals surface area (Å²) in [5.41, 5.74) is 4.94. The number of amides is 1. The lowest BCUT2D eigenvalue weighted by Gasteiger charge is -2.17. The van der Waals surface area contributed by atoms with Crippen LogP contribution in [0.4, 0.5) is 0 Å². The number of esters is 1. The van der Waals surface area contributed by atoms with Gasteiger partial charge >= 0.3 is 5.97 Å². The minimum Gasteiger partial charge on any atom is -0.464 e. The summed E-state index contributed by atoms with van der Waals surface area (Å²) in [6, 6.07) is -0.626. The fourth-order valence-corrected chi connectivity index (χ4v) is 3.40. The van der Waals surface area contributed by atoms with Crippen LogP contribution in [-0.2, 0) is 19.1 Å². The summed E-state index contributed by atoms with van der Waals surface area (Å²) in [5, 5.41) is 2.69. The van der Waals surface area contributed by atoms with Gasteiger partial charge in [-0.2, -0.15) is 0 Å². The summed E-state index contributed by atoms with van der Waals surface area (Å²) in [5.74, 6) is 0.724. The zero-order valence-electron chi connectivity index (χ0n) is 16.1.